The molecule has 0 heterocycles. The number of aromatic hydroxyl groups is 1. The molecule has 0 amide bonds. The van der Waals surface area contributed by atoms with Crippen LogP contribution < -0.4 is 5.32 Å². The van der Waals surface area contributed by atoms with Gasteiger partial charge in [0.05, 0.1) is 0 Å². The lowest BCUT2D eigenvalue weighted by Gasteiger charge is -2.17. The summed E-state index contributed by atoms with van der Waals surface area (Å²) in [4.78, 5) is 0. The van der Waals surface area contributed by atoms with Gasteiger partial charge in [0.2, 0.25) is 0 Å². The molecule has 2 N–H and O–H groups in total. The van der Waals surface area contributed by atoms with Crippen LogP contribution in [0.2, 0.25) is 0 Å². The molecule has 1 aromatic rings. The zero-order valence-electron chi connectivity index (χ0n) is 11.0. The molecule has 1 aliphatic carbocycles. The fourth-order valence-electron chi connectivity index (χ4n) is 2.79. The molecule has 1 unspecified atom stereocenters. The van der Waals surface area contributed by atoms with E-state index in [4.69, 9.17) is 0 Å². The Hall–Kier alpha value is -1.09. The molecule has 0 aromatic heterocycles. The van der Waals surface area contributed by atoms with E-state index >= 15 is 0 Å². The fourth-order valence-corrected chi connectivity index (χ4v) is 2.79. The number of rotatable bonds is 5. The Morgan fingerprint density at radius 1 is 1.39 bits per heavy atom. The van der Waals surface area contributed by atoms with Crippen molar-refractivity contribution in [2.45, 2.75) is 45.1 Å². The third-order valence-electron chi connectivity index (χ3n) is 3.93. The predicted octanol–water partition coefficient (Wildman–Crippen LogP) is 3.76. The first-order valence-corrected chi connectivity index (χ1v) is 6.88. The number of phenolic OH excluding ortho intramolecular Hbond substituents is 1. The second-order valence-corrected chi connectivity index (χ2v) is 5.32. The van der Waals surface area contributed by atoms with Crippen LogP contribution in [0.1, 0.15) is 50.6 Å². The van der Waals surface area contributed by atoms with Gasteiger partial charge in [0, 0.05) is 11.6 Å². The average molecular weight is 251 g/mol. The second-order valence-electron chi connectivity index (χ2n) is 5.32. The van der Waals surface area contributed by atoms with Crippen molar-refractivity contribution in [1.82, 2.24) is 5.32 Å². The van der Waals surface area contributed by atoms with Crippen LogP contribution in [0.5, 0.6) is 5.75 Å². The molecule has 1 saturated carbocycles. The van der Waals surface area contributed by atoms with E-state index in [1.807, 2.05) is 6.92 Å². The third kappa shape index (κ3) is 3.45. The number of hydrogen-bond donors (Lipinski definition) is 2. The molecule has 0 bridgehead atoms. The number of halogens is 1. The molecule has 0 spiro atoms. The highest BCUT2D eigenvalue weighted by Gasteiger charge is 2.16. The van der Waals surface area contributed by atoms with Crippen molar-refractivity contribution in [3.05, 3.63) is 29.6 Å². The van der Waals surface area contributed by atoms with Crippen molar-refractivity contribution in [2.24, 2.45) is 5.92 Å². The maximum absolute atomic E-state index is 13.1. The Labute approximate surface area is 108 Å². The van der Waals surface area contributed by atoms with Gasteiger partial charge in [-0.25, -0.2) is 4.39 Å². The molecule has 1 aliphatic rings. The van der Waals surface area contributed by atoms with Crippen LogP contribution >= 0.6 is 0 Å². The van der Waals surface area contributed by atoms with Gasteiger partial charge >= 0.3 is 0 Å². The van der Waals surface area contributed by atoms with Crippen LogP contribution in [0.25, 0.3) is 0 Å². The van der Waals surface area contributed by atoms with E-state index in [-0.39, 0.29) is 17.6 Å². The summed E-state index contributed by atoms with van der Waals surface area (Å²) in [6, 6.07) is 4.09. The van der Waals surface area contributed by atoms with E-state index < -0.39 is 0 Å². The predicted molar refractivity (Wildman–Crippen MR) is 71.1 cm³/mol. The topological polar surface area (TPSA) is 32.3 Å². The molecule has 1 atom stereocenters. The zero-order chi connectivity index (χ0) is 13.0. The molecule has 3 heteroatoms. The highest BCUT2D eigenvalue weighted by molar-refractivity contribution is 5.34. The lowest BCUT2D eigenvalue weighted by atomic mass is 10.0. The van der Waals surface area contributed by atoms with Crippen molar-refractivity contribution in [1.29, 1.82) is 0 Å². The lowest BCUT2D eigenvalue weighted by molar-refractivity contribution is 0.431. The molecule has 2 rings (SSSR count). The van der Waals surface area contributed by atoms with Gasteiger partial charge in [-0.1, -0.05) is 25.7 Å². The standard InChI is InChI=1S/C15H22FNO/c1-11(14-10-13(16)6-7-15(14)18)17-9-8-12-4-2-3-5-12/h6-7,10-12,17-18H,2-5,8-9H2,1H3. The minimum atomic E-state index is -0.299. The maximum atomic E-state index is 13.1. The summed E-state index contributed by atoms with van der Waals surface area (Å²) in [5.74, 6) is 0.718. The highest BCUT2D eigenvalue weighted by Crippen LogP contribution is 2.28. The summed E-state index contributed by atoms with van der Waals surface area (Å²) >= 11 is 0. The van der Waals surface area contributed by atoms with Crippen molar-refractivity contribution in [2.75, 3.05) is 6.54 Å². The van der Waals surface area contributed by atoms with Gasteiger partial charge in [0.1, 0.15) is 11.6 Å². The second kappa shape index (κ2) is 6.19. The fraction of sp³-hybridized carbons (Fsp3) is 0.600. The van der Waals surface area contributed by atoms with Gasteiger partial charge in [0.25, 0.3) is 0 Å². The van der Waals surface area contributed by atoms with E-state index in [1.54, 1.807) is 0 Å². The highest BCUT2D eigenvalue weighted by atomic mass is 19.1. The van der Waals surface area contributed by atoms with Crippen molar-refractivity contribution < 1.29 is 9.50 Å². The Kier molecular flexibility index (Phi) is 4.59. The number of phenols is 1. The average Bonchev–Trinajstić information content (AvgIpc) is 2.85. The Morgan fingerprint density at radius 3 is 2.83 bits per heavy atom. The first-order chi connectivity index (χ1) is 8.66. The summed E-state index contributed by atoms with van der Waals surface area (Å²) in [6.07, 6.45) is 6.61. The van der Waals surface area contributed by atoms with Gasteiger partial charge in [-0.15, -0.1) is 0 Å². The van der Waals surface area contributed by atoms with E-state index in [9.17, 15) is 9.50 Å². The van der Waals surface area contributed by atoms with Crippen LogP contribution in [-0.2, 0) is 0 Å². The molecule has 1 fully saturated rings. The largest absolute Gasteiger partial charge is 0.508 e. The normalized spacial score (nSPS) is 18.1. The van der Waals surface area contributed by atoms with Gasteiger partial charge in [-0.05, 0) is 44.0 Å². The first-order valence-electron chi connectivity index (χ1n) is 6.88. The van der Waals surface area contributed by atoms with E-state index in [1.165, 1.54) is 50.3 Å². The van der Waals surface area contributed by atoms with Crippen LogP contribution in [0.4, 0.5) is 4.39 Å². The Bertz CT molecular complexity index is 388. The molecular weight excluding hydrogens is 229 g/mol. The molecule has 18 heavy (non-hydrogen) atoms. The monoisotopic (exact) mass is 251 g/mol. The SMILES string of the molecule is CC(NCCC1CCCC1)c1cc(F)ccc1O. The van der Waals surface area contributed by atoms with Crippen LogP contribution in [-0.4, -0.2) is 11.7 Å². The zero-order valence-corrected chi connectivity index (χ0v) is 11.0. The van der Waals surface area contributed by atoms with Crippen molar-refractivity contribution in [3.8, 4) is 5.75 Å². The van der Waals surface area contributed by atoms with Gasteiger partial charge in [-0.2, -0.15) is 0 Å². The summed E-state index contributed by atoms with van der Waals surface area (Å²) in [7, 11) is 0. The van der Waals surface area contributed by atoms with E-state index in [0.717, 1.165) is 12.5 Å². The van der Waals surface area contributed by atoms with Crippen LogP contribution in [0.3, 0.4) is 0 Å². The third-order valence-corrected chi connectivity index (χ3v) is 3.93. The summed E-state index contributed by atoms with van der Waals surface area (Å²) in [5.41, 5.74) is 0.640. The van der Waals surface area contributed by atoms with E-state index in [0.29, 0.717) is 5.56 Å². The van der Waals surface area contributed by atoms with Crippen molar-refractivity contribution in [3.63, 3.8) is 0 Å². The van der Waals surface area contributed by atoms with Gasteiger partial charge in [-0.3, -0.25) is 0 Å². The minimum absolute atomic E-state index is 0.0119. The summed E-state index contributed by atoms with van der Waals surface area (Å²) in [6.45, 7) is 2.89. The molecule has 100 valence electrons. The number of nitrogens with one attached hydrogen (secondary N) is 1. The Balaban J connectivity index is 1.83. The minimum Gasteiger partial charge on any atom is -0.508 e. The molecular formula is C15H22FNO. The quantitative estimate of drug-likeness (QED) is 0.835. The summed E-state index contributed by atoms with van der Waals surface area (Å²) < 4.78 is 13.1. The smallest absolute Gasteiger partial charge is 0.123 e. The van der Waals surface area contributed by atoms with Gasteiger partial charge < -0.3 is 10.4 Å². The van der Waals surface area contributed by atoms with Crippen molar-refractivity contribution >= 4 is 0 Å². The Morgan fingerprint density at radius 2 is 2.11 bits per heavy atom. The molecule has 0 saturated heterocycles. The molecule has 1 aromatic carbocycles. The number of benzene rings is 1. The lowest BCUT2D eigenvalue weighted by Crippen LogP contribution is -2.21. The molecule has 0 aliphatic heterocycles. The molecule has 0 radical (unpaired) electrons. The maximum Gasteiger partial charge on any atom is 0.123 e. The first kappa shape index (κ1) is 13.3. The van der Waals surface area contributed by atoms with E-state index in [2.05, 4.69) is 5.32 Å². The molecule has 2 nitrogen and oxygen atoms in total. The van der Waals surface area contributed by atoms with Gasteiger partial charge in [0.15, 0.2) is 0 Å². The van der Waals surface area contributed by atoms with Crippen LogP contribution in [0.15, 0.2) is 18.2 Å². The summed E-state index contributed by atoms with van der Waals surface area (Å²) in [5, 5.41) is 13.1. The number of hydrogen-bond acceptors (Lipinski definition) is 2. The van der Waals surface area contributed by atoms with Crippen LogP contribution in [0, 0.1) is 11.7 Å².